The fourth-order valence-electron chi connectivity index (χ4n) is 2.45. The van der Waals surface area contributed by atoms with Crippen LogP contribution in [0.15, 0.2) is 46.5 Å². The Hall–Kier alpha value is -2.49. The molecule has 2 heterocycles. The number of benzene rings is 1. The topological polar surface area (TPSA) is 73.2 Å². The summed E-state index contributed by atoms with van der Waals surface area (Å²) in [5.74, 6) is -0.433. The standard InChI is InChI=1S/C16H14F3N3O3S/c17-16(18,19)25-12-3-1-10(2-4-12)7-21-14(24)11-8-22-13(23)5-6-20-15(22)26-9-11/h1-6,11H,7-9H2,(H,21,24)/t11-/m0/s1. The number of hydrogen-bond acceptors (Lipinski definition) is 5. The van der Waals surface area contributed by atoms with E-state index in [1.165, 1.54) is 52.9 Å². The van der Waals surface area contributed by atoms with Gasteiger partial charge in [-0.05, 0) is 17.7 Å². The molecule has 1 N–H and O–H groups in total. The molecule has 3 rings (SSSR count). The van der Waals surface area contributed by atoms with Crippen LogP contribution in [-0.2, 0) is 17.9 Å². The van der Waals surface area contributed by atoms with Crippen molar-refractivity contribution in [3.63, 3.8) is 0 Å². The monoisotopic (exact) mass is 385 g/mol. The molecule has 1 atom stereocenters. The quantitative estimate of drug-likeness (QED) is 0.817. The maximum Gasteiger partial charge on any atom is 0.573 e. The van der Waals surface area contributed by atoms with E-state index in [1.54, 1.807) is 0 Å². The molecule has 0 radical (unpaired) electrons. The first-order valence-electron chi connectivity index (χ1n) is 7.63. The van der Waals surface area contributed by atoms with Gasteiger partial charge in [-0.3, -0.25) is 14.2 Å². The highest BCUT2D eigenvalue weighted by molar-refractivity contribution is 7.99. The van der Waals surface area contributed by atoms with E-state index in [0.29, 0.717) is 16.5 Å². The molecule has 1 aromatic carbocycles. The Bertz CT molecular complexity index is 852. The predicted octanol–water partition coefficient (Wildman–Crippen LogP) is 2.18. The number of carbonyl (C=O) groups is 1. The smallest absolute Gasteiger partial charge is 0.406 e. The average Bonchev–Trinajstić information content (AvgIpc) is 2.60. The van der Waals surface area contributed by atoms with Gasteiger partial charge < -0.3 is 10.1 Å². The van der Waals surface area contributed by atoms with Crippen molar-refractivity contribution < 1.29 is 22.7 Å². The molecule has 26 heavy (non-hydrogen) atoms. The molecule has 0 saturated heterocycles. The third-order valence-corrected chi connectivity index (χ3v) is 4.86. The van der Waals surface area contributed by atoms with Crippen LogP contribution < -0.4 is 15.6 Å². The van der Waals surface area contributed by atoms with Gasteiger partial charge in [0.15, 0.2) is 5.16 Å². The Morgan fingerprint density at radius 3 is 2.73 bits per heavy atom. The van der Waals surface area contributed by atoms with E-state index in [0.717, 1.165) is 0 Å². The van der Waals surface area contributed by atoms with Gasteiger partial charge in [-0.15, -0.1) is 13.2 Å². The van der Waals surface area contributed by atoms with Crippen LogP contribution in [0.2, 0.25) is 0 Å². The average molecular weight is 385 g/mol. The fourth-order valence-corrected chi connectivity index (χ4v) is 3.51. The molecule has 1 aromatic heterocycles. The molecule has 1 aliphatic heterocycles. The lowest BCUT2D eigenvalue weighted by Crippen LogP contribution is -2.39. The zero-order valence-electron chi connectivity index (χ0n) is 13.3. The molecule has 0 bridgehead atoms. The van der Waals surface area contributed by atoms with Gasteiger partial charge in [-0.1, -0.05) is 23.9 Å². The molecule has 0 fully saturated rings. The summed E-state index contributed by atoms with van der Waals surface area (Å²) in [5, 5.41) is 3.32. The number of rotatable bonds is 4. The summed E-state index contributed by atoms with van der Waals surface area (Å²) in [5.41, 5.74) is 0.427. The lowest BCUT2D eigenvalue weighted by atomic mass is 10.1. The highest BCUT2D eigenvalue weighted by atomic mass is 32.2. The molecule has 0 aliphatic carbocycles. The Labute approximate surface area is 150 Å². The van der Waals surface area contributed by atoms with Gasteiger partial charge in [-0.25, -0.2) is 4.98 Å². The van der Waals surface area contributed by atoms with E-state index >= 15 is 0 Å². The molecular formula is C16H14F3N3O3S. The number of thioether (sulfide) groups is 1. The summed E-state index contributed by atoms with van der Waals surface area (Å²) in [7, 11) is 0. The first-order valence-corrected chi connectivity index (χ1v) is 8.61. The van der Waals surface area contributed by atoms with Crippen LogP contribution in [0.4, 0.5) is 13.2 Å². The number of carbonyl (C=O) groups excluding carboxylic acids is 1. The number of fused-ring (bicyclic) bond motifs is 1. The molecule has 1 amide bonds. The molecule has 0 unspecified atom stereocenters. The summed E-state index contributed by atoms with van der Waals surface area (Å²) >= 11 is 1.34. The molecule has 2 aromatic rings. The van der Waals surface area contributed by atoms with Gasteiger partial charge in [0.2, 0.25) is 5.91 Å². The zero-order valence-corrected chi connectivity index (χ0v) is 14.1. The first kappa shape index (κ1) is 18.3. The van der Waals surface area contributed by atoms with Crippen molar-refractivity contribution in [2.24, 2.45) is 5.92 Å². The Morgan fingerprint density at radius 2 is 2.04 bits per heavy atom. The minimum atomic E-state index is -4.74. The van der Waals surface area contributed by atoms with Gasteiger partial charge >= 0.3 is 6.36 Å². The van der Waals surface area contributed by atoms with Gasteiger partial charge in [0.05, 0.1) is 5.92 Å². The lowest BCUT2D eigenvalue weighted by molar-refractivity contribution is -0.274. The van der Waals surface area contributed by atoms with E-state index in [4.69, 9.17) is 0 Å². The van der Waals surface area contributed by atoms with Crippen molar-refractivity contribution in [2.45, 2.75) is 24.6 Å². The molecule has 10 heteroatoms. The second-order valence-corrected chi connectivity index (χ2v) is 6.58. The second kappa shape index (κ2) is 7.40. The van der Waals surface area contributed by atoms with Crippen LogP contribution >= 0.6 is 11.8 Å². The van der Waals surface area contributed by atoms with Crippen molar-refractivity contribution in [3.8, 4) is 5.75 Å². The SMILES string of the molecule is O=C(NCc1ccc(OC(F)(F)F)cc1)[C@@H]1CSc2nccc(=O)n2C1. The molecule has 1 aliphatic rings. The van der Waals surface area contributed by atoms with Gasteiger partial charge in [0, 0.05) is 31.1 Å². The molecular weight excluding hydrogens is 371 g/mol. The lowest BCUT2D eigenvalue weighted by Gasteiger charge is -2.23. The van der Waals surface area contributed by atoms with Crippen molar-refractivity contribution >= 4 is 17.7 Å². The van der Waals surface area contributed by atoms with Crippen molar-refractivity contribution in [1.82, 2.24) is 14.9 Å². The highest BCUT2D eigenvalue weighted by Gasteiger charge is 2.31. The molecule has 0 saturated carbocycles. The van der Waals surface area contributed by atoms with E-state index < -0.39 is 6.36 Å². The maximum absolute atomic E-state index is 12.3. The number of amides is 1. The van der Waals surface area contributed by atoms with E-state index in [9.17, 15) is 22.8 Å². The number of nitrogens with zero attached hydrogens (tertiary/aromatic N) is 2. The van der Waals surface area contributed by atoms with Crippen LogP contribution in [0.25, 0.3) is 0 Å². The van der Waals surface area contributed by atoms with Crippen molar-refractivity contribution in [3.05, 3.63) is 52.4 Å². The minimum absolute atomic E-state index is 0.168. The zero-order chi connectivity index (χ0) is 18.7. The second-order valence-electron chi connectivity index (χ2n) is 5.59. The third-order valence-electron chi connectivity index (χ3n) is 3.71. The Kier molecular flexibility index (Phi) is 5.21. The Morgan fingerprint density at radius 1 is 1.31 bits per heavy atom. The van der Waals surface area contributed by atoms with Gasteiger partial charge in [0.25, 0.3) is 5.56 Å². The number of ether oxygens (including phenoxy) is 1. The minimum Gasteiger partial charge on any atom is -0.406 e. The molecule has 0 spiro atoms. The fraction of sp³-hybridized carbons (Fsp3) is 0.312. The van der Waals surface area contributed by atoms with Crippen molar-refractivity contribution in [1.29, 1.82) is 0 Å². The largest absolute Gasteiger partial charge is 0.573 e. The van der Waals surface area contributed by atoms with E-state index in [2.05, 4.69) is 15.0 Å². The summed E-state index contributed by atoms with van der Waals surface area (Å²) < 4.78 is 41.6. The number of hydrogen-bond donors (Lipinski definition) is 1. The Balaban J connectivity index is 1.56. The normalized spacial score (nSPS) is 16.7. The van der Waals surface area contributed by atoms with Gasteiger partial charge in [-0.2, -0.15) is 0 Å². The molecule has 138 valence electrons. The number of nitrogens with one attached hydrogen (secondary N) is 1. The van der Waals surface area contributed by atoms with Crippen LogP contribution in [0, 0.1) is 5.92 Å². The first-order chi connectivity index (χ1) is 12.3. The summed E-state index contributed by atoms with van der Waals surface area (Å²) in [6, 6.07) is 6.61. The molecule has 6 nitrogen and oxygen atoms in total. The number of halogens is 3. The summed E-state index contributed by atoms with van der Waals surface area (Å²) in [4.78, 5) is 28.2. The third kappa shape index (κ3) is 4.57. The van der Waals surface area contributed by atoms with Crippen LogP contribution in [0.5, 0.6) is 5.75 Å². The van der Waals surface area contributed by atoms with Gasteiger partial charge in [0.1, 0.15) is 5.75 Å². The van der Waals surface area contributed by atoms with Crippen LogP contribution in [0.3, 0.4) is 0 Å². The number of aromatic nitrogens is 2. The summed E-state index contributed by atoms with van der Waals surface area (Å²) in [6.45, 7) is 0.417. The predicted molar refractivity (Wildman–Crippen MR) is 87.7 cm³/mol. The summed E-state index contributed by atoms with van der Waals surface area (Å²) in [6.07, 6.45) is -3.30. The van der Waals surface area contributed by atoms with Crippen LogP contribution in [0.1, 0.15) is 5.56 Å². The van der Waals surface area contributed by atoms with E-state index in [1.807, 2.05) is 0 Å². The van der Waals surface area contributed by atoms with Crippen molar-refractivity contribution in [2.75, 3.05) is 5.75 Å². The number of alkyl halides is 3. The van der Waals surface area contributed by atoms with Crippen LogP contribution in [-0.4, -0.2) is 27.6 Å². The van der Waals surface area contributed by atoms with E-state index in [-0.39, 0.29) is 36.2 Å². The highest BCUT2D eigenvalue weighted by Crippen LogP contribution is 2.25. The maximum atomic E-state index is 12.3.